The molecule has 1 atom stereocenters. The molecule has 1 rings (SSSR count). The number of carboxylic acid groups (broad SMARTS) is 1. The first-order valence-corrected chi connectivity index (χ1v) is 6.04. The fourth-order valence-electron chi connectivity index (χ4n) is 1.19. The van der Waals surface area contributed by atoms with Crippen LogP contribution < -0.4 is 5.32 Å². The van der Waals surface area contributed by atoms with Crippen LogP contribution in [0.25, 0.3) is 0 Å². The third kappa shape index (κ3) is 3.17. The Labute approximate surface area is 120 Å². The molecule has 0 radical (unpaired) electrons. The van der Waals surface area contributed by atoms with E-state index in [1.807, 2.05) is 0 Å². The van der Waals surface area contributed by atoms with Crippen molar-refractivity contribution >= 4 is 34.5 Å². The van der Waals surface area contributed by atoms with Crippen LogP contribution in [0.3, 0.4) is 0 Å². The second-order valence-electron chi connectivity index (χ2n) is 3.86. The highest BCUT2D eigenvalue weighted by atomic mass is 127. The summed E-state index contributed by atoms with van der Waals surface area (Å²) in [5.74, 6) is -3.26. The first kappa shape index (κ1) is 15.7. The van der Waals surface area contributed by atoms with Crippen LogP contribution in [-0.4, -0.2) is 28.7 Å². The van der Waals surface area contributed by atoms with E-state index in [4.69, 9.17) is 5.11 Å². The summed E-state index contributed by atoms with van der Waals surface area (Å²) >= 11 is 1.78. The summed E-state index contributed by atoms with van der Waals surface area (Å²) in [7, 11) is 0. The van der Waals surface area contributed by atoms with E-state index in [9.17, 15) is 22.8 Å². The summed E-state index contributed by atoms with van der Waals surface area (Å²) in [6.45, 7) is 0.406. The van der Waals surface area contributed by atoms with Crippen LogP contribution in [0.15, 0.2) is 24.3 Å². The highest BCUT2D eigenvalue weighted by Gasteiger charge is 2.58. The summed E-state index contributed by atoms with van der Waals surface area (Å²) in [4.78, 5) is 22.5. The molecule has 0 saturated carbocycles. The second-order valence-corrected chi connectivity index (χ2v) is 5.02. The second kappa shape index (κ2) is 5.35. The highest BCUT2D eigenvalue weighted by Crippen LogP contribution is 2.30. The van der Waals surface area contributed by atoms with Gasteiger partial charge in [-0.3, -0.25) is 4.79 Å². The average Bonchev–Trinajstić information content (AvgIpc) is 2.27. The molecule has 0 bridgehead atoms. The maximum Gasteiger partial charge on any atom is 0.422 e. The van der Waals surface area contributed by atoms with Crippen molar-refractivity contribution in [3.8, 4) is 0 Å². The van der Waals surface area contributed by atoms with Gasteiger partial charge in [0.2, 0.25) is 5.54 Å². The molecule has 1 aromatic rings. The molecule has 104 valence electrons. The van der Waals surface area contributed by atoms with Crippen molar-refractivity contribution in [2.75, 3.05) is 0 Å². The van der Waals surface area contributed by atoms with Crippen molar-refractivity contribution in [2.24, 2.45) is 0 Å². The van der Waals surface area contributed by atoms with E-state index in [1.54, 1.807) is 28.7 Å². The molecule has 0 aliphatic heterocycles. The SMILES string of the molecule is CC(NC(=O)c1ccccc1I)(C(=O)O)C(F)(F)F. The van der Waals surface area contributed by atoms with Crippen molar-refractivity contribution < 1.29 is 27.9 Å². The summed E-state index contributed by atoms with van der Waals surface area (Å²) in [5, 5.41) is 10.2. The van der Waals surface area contributed by atoms with Crippen LogP contribution in [0.1, 0.15) is 17.3 Å². The lowest BCUT2D eigenvalue weighted by molar-refractivity contribution is -0.203. The standard InChI is InChI=1S/C11H9F3INO3/c1-10(9(18)19,11(12,13)14)16-8(17)6-4-2-3-5-7(6)15/h2-5H,1H3,(H,16,17)(H,18,19). The van der Waals surface area contributed by atoms with Crippen LogP contribution >= 0.6 is 22.6 Å². The Morgan fingerprint density at radius 3 is 2.21 bits per heavy atom. The zero-order valence-electron chi connectivity index (χ0n) is 9.58. The number of amides is 1. The Hall–Kier alpha value is -1.32. The molecule has 2 N–H and O–H groups in total. The molecule has 8 heteroatoms. The van der Waals surface area contributed by atoms with Gasteiger partial charge in [-0.25, -0.2) is 4.79 Å². The monoisotopic (exact) mass is 387 g/mol. The fraction of sp³-hybridized carbons (Fsp3) is 0.273. The lowest BCUT2D eigenvalue weighted by atomic mass is 10.0. The lowest BCUT2D eigenvalue weighted by Gasteiger charge is -2.28. The number of carbonyl (C=O) groups excluding carboxylic acids is 1. The van der Waals surface area contributed by atoms with Gasteiger partial charge in [-0.2, -0.15) is 13.2 Å². The maximum atomic E-state index is 12.7. The van der Waals surface area contributed by atoms with Crippen molar-refractivity contribution in [1.29, 1.82) is 0 Å². The zero-order chi connectivity index (χ0) is 14.8. The number of hydrogen-bond donors (Lipinski definition) is 2. The van der Waals surface area contributed by atoms with E-state index in [2.05, 4.69) is 0 Å². The Balaban J connectivity index is 3.10. The van der Waals surface area contributed by atoms with Crippen LogP contribution in [0.4, 0.5) is 13.2 Å². The van der Waals surface area contributed by atoms with Gasteiger partial charge in [-0.15, -0.1) is 0 Å². The smallest absolute Gasteiger partial charge is 0.422 e. The summed E-state index contributed by atoms with van der Waals surface area (Å²) in [5.41, 5.74) is -3.34. The van der Waals surface area contributed by atoms with Gasteiger partial charge in [0.25, 0.3) is 5.91 Å². The Kier molecular flexibility index (Phi) is 4.43. The summed E-state index contributed by atoms with van der Waals surface area (Å²) in [6, 6.07) is 5.93. The van der Waals surface area contributed by atoms with Gasteiger partial charge < -0.3 is 10.4 Å². The molecule has 0 spiro atoms. The molecular weight excluding hydrogens is 378 g/mol. The van der Waals surface area contributed by atoms with Crippen molar-refractivity contribution in [1.82, 2.24) is 5.32 Å². The number of carboxylic acids is 1. The van der Waals surface area contributed by atoms with Crippen molar-refractivity contribution in [2.45, 2.75) is 18.6 Å². The van der Waals surface area contributed by atoms with Gasteiger partial charge in [-0.1, -0.05) is 12.1 Å². The molecule has 0 aliphatic rings. The minimum atomic E-state index is -5.10. The van der Waals surface area contributed by atoms with E-state index >= 15 is 0 Å². The highest BCUT2D eigenvalue weighted by molar-refractivity contribution is 14.1. The summed E-state index contributed by atoms with van der Waals surface area (Å²) < 4.78 is 38.6. The van der Waals surface area contributed by atoms with Gasteiger partial charge in [0.1, 0.15) is 0 Å². The predicted octanol–water partition coefficient (Wildman–Crippen LogP) is 2.43. The molecular formula is C11H9F3INO3. The topological polar surface area (TPSA) is 66.4 Å². The number of aliphatic carboxylic acids is 1. The Morgan fingerprint density at radius 1 is 1.26 bits per heavy atom. The molecule has 1 unspecified atom stereocenters. The van der Waals surface area contributed by atoms with Crippen LogP contribution in [0, 0.1) is 3.57 Å². The molecule has 4 nitrogen and oxygen atoms in total. The average molecular weight is 387 g/mol. The number of rotatable bonds is 3. The number of nitrogens with one attached hydrogen (secondary N) is 1. The molecule has 19 heavy (non-hydrogen) atoms. The van der Waals surface area contributed by atoms with E-state index in [0.29, 0.717) is 10.5 Å². The molecule has 0 aromatic heterocycles. The van der Waals surface area contributed by atoms with Crippen molar-refractivity contribution in [3.63, 3.8) is 0 Å². The molecule has 0 heterocycles. The predicted molar refractivity (Wildman–Crippen MR) is 68.7 cm³/mol. The van der Waals surface area contributed by atoms with E-state index in [1.165, 1.54) is 23.5 Å². The van der Waals surface area contributed by atoms with Crippen molar-refractivity contribution in [3.05, 3.63) is 33.4 Å². The quantitative estimate of drug-likeness (QED) is 0.784. The number of carbonyl (C=O) groups is 2. The largest absolute Gasteiger partial charge is 0.479 e. The molecule has 0 fully saturated rings. The van der Waals surface area contributed by atoms with E-state index < -0.39 is 23.6 Å². The van der Waals surface area contributed by atoms with Gasteiger partial charge in [0, 0.05) is 3.57 Å². The Bertz CT molecular complexity index is 518. The minimum absolute atomic E-state index is 0.0141. The molecule has 1 amide bonds. The van der Waals surface area contributed by atoms with Gasteiger partial charge in [0.05, 0.1) is 5.56 Å². The first-order chi connectivity index (χ1) is 8.59. The molecule has 0 saturated heterocycles. The fourth-order valence-corrected chi connectivity index (χ4v) is 1.82. The van der Waals surface area contributed by atoms with E-state index in [0.717, 1.165) is 0 Å². The maximum absolute atomic E-state index is 12.7. The number of benzene rings is 1. The third-order valence-electron chi connectivity index (χ3n) is 2.48. The lowest BCUT2D eigenvalue weighted by Crippen LogP contribution is -2.62. The summed E-state index contributed by atoms with van der Waals surface area (Å²) in [6.07, 6.45) is -5.10. The minimum Gasteiger partial charge on any atom is -0.479 e. The van der Waals surface area contributed by atoms with Gasteiger partial charge >= 0.3 is 12.1 Å². The van der Waals surface area contributed by atoms with E-state index in [-0.39, 0.29) is 5.56 Å². The van der Waals surface area contributed by atoms with Crippen LogP contribution in [0.2, 0.25) is 0 Å². The van der Waals surface area contributed by atoms with Crippen LogP contribution in [0.5, 0.6) is 0 Å². The van der Waals surface area contributed by atoms with Crippen LogP contribution in [-0.2, 0) is 4.79 Å². The first-order valence-electron chi connectivity index (χ1n) is 4.97. The van der Waals surface area contributed by atoms with Gasteiger partial charge in [-0.05, 0) is 41.6 Å². The number of halogens is 4. The Morgan fingerprint density at radius 2 is 1.79 bits per heavy atom. The van der Waals surface area contributed by atoms with Gasteiger partial charge in [0.15, 0.2) is 0 Å². The zero-order valence-corrected chi connectivity index (χ0v) is 11.7. The third-order valence-corrected chi connectivity index (χ3v) is 3.42. The number of alkyl halides is 3. The molecule has 1 aromatic carbocycles. The number of hydrogen-bond acceptors (Lipinski definition) is 2. The normalized spacial score (nSPS) is 14.6. The molecule has 0 aliphatic carbocycles.